The summed E-state index contributed by atoms with van der Waals surface area (Å²) in [6.07, 6.45) is 2.95. The molecule has 0 fully saturated rings. The van der Waals surface area contributed by atoms with Gasteiger partial charge >= 0.3 is 5.91 Å². The molecule has 3 rings (SSSR count). The Kier molecular flexibility index (Phi) is 2.60. The third-order valence-corrected chi connectivity index (χ3v) is 2.75. The molecule has 0 radical (unpaired) electrons. The van der Waals surface area contributed by atoms with Crippen LogP contribution in [-0.2, 0) is 0 Å². The Morgan fingerprint density at radius 3 is 3.05 bits per heavy atom. The average molecular weight is 254 g/mol. The first-order valence-corrected chi connectivity index (χ1v) is 5.67. The van der Waals surface area contributed by atoms with Crippen molar-refractivity contribution in [1.82, 2.24) is 10.2 Å². The Morgan fingerprint density at radius 2 is 2.21 bits per heavy atom. The lowest BCUT2D eigenvalue weighted by molar-refractivity contribution is -0.607. The van der Waals surface area contributed by atoms with Crippen molar-refractivity contribution in [2.75, 3.05) is 5.32 Å². The molecule has 0 spiro atoms. The zero-order chi connectivity index (χ0) is 13.2. The first-order chi connectivity index (χ1) is 9.24. The summed E-state index contributed by atoms with van der Waals surface area (Å²) in [6.45, 7) is 0. The summed E-state index contributed by atoms with van der Waals surface area (Å²) < 4.78 is 0.533. The number of anilines is 1. The van der Waals surface area contributed by atoms with Gasteiger partial charge in [0.1, 0.15) is 0 Å². The van der Waals surface area contributed by atoms with Gasteiger partial charge in [0.05, 0.1) is 11.7 Å². The fourth-order valence-corrected chi connectivity index (χ4v) is 1.82. The monoisotopic (exact) mass is 254 g/mol. The van der Waals surface area contributed by atoms with Crippen molar-refractivity contribution in [3.8, 4) is 0 Å². The van der Waals surface area contributed by atoms with E-state index >= 15 is 0 Å². The quantitative estimate of drug-likeness (QED) is 0.536. The molecule has 1 amide bonds. The van der Waals surface area contributed by atoms with Crippen LogP contribution in [0.3, 0.4) is 0 Å². The lowest BCUT2D eigenvalue weighted by Crippen LogP contribution is -2.36. The number of fused-ring (bicyclic) bond motifs is 1. The van der Waals surface area contributed by atoms with Crippen LogP contribution < -0.4 is 10.0 Å². The van der Waals surface area contributed by atoms with Gasteiger partial charge in [-0.15, -0.1) is 0 Å². The number of hydrogen-bond acceptors (Lipinski definition) is 3. The van der Waals surface area contributed by atoms with Crippen LogP contribution >= 0.6 is 0 Å². The van der Waals surface area contributed by atoms with Gasteiger partial charge in [0.15, 0.2) is 6.20 Å². The SMILES string of the molecule is O=C(Nc1ccc2[nH]ncc2c1)c1cccc[n+]1[O-]. The van der Waals surface area contributed by atoms with Crippen LogP contribution in [0.4, 0.5) is 5.69 Å². The van der Waals surface area contributed by atoms with Crippen molar-refractivity contribution in [3.05, 3.63) is 59.7 Å². The van der Waals surface area contributed by atoms with Crippen molar-refractivity contribution >= 4 is 22.5 Å². The van der Waals surface area contributed by atoms with E-state index in [1.165, 1.54) is 12.3 Å². The van der Waals surface area contributed by atoms with Crippen molar-refractivity contribution in [3.63, 3.8) is 0 Å². The second-order valence-corrected chi connectivity index (χ2v) is 4.04. The molecule has 6 heteroatoms. The minimum absolute atomic E-state index is 0.0507. The number of hydrogen-bond donors (Lipinski definition) is 2. The van der Waals surface area contributed by atoms with Gasteiger partial charge in [-0.3, -0.25) is 9.89 Å². The van der Waals surface area contributed by atoms with Crippen molar-refractivity contribution in [2.24, 2.45) is 0 Å². The first kappa shape index (κ1) is 11.2. The molecule has 2 heterocycles. The molecule has 0 bridgehead atoms. The van der Waals surface area contributed by atoms with Crippen LogP contribution in [-0.4, -0.2) is 16.1 Å². The predicted octanol–water partition coefficient (Wildman–Crippen LogP) is 1.45. The highest BCUT2D eigenvalue weighted by atomic mass is 16.5. The number of aromatic amines is 1. The van der Waals surface area contributed by atoms with Crippen LogP contribution in [0.2, 0.25) is 0 Å². The molecule has 0 atom stereocenters. The van der Waals surface area contributed by atoms with Gasteiger partial charge < -0.3 is 10.5 Å². The second kappa shape index (κ2) is 4.41. The number of nitrogens with one attached hydrogen (secondary N) is 2. The predicted molar refractivity (Wildman–Crippen MR) is 69.4 cm³/mol. The van der Waals surface area contributed by atoms with Crippen molar-refractivity contribution in [2.45, 2.75) is 0 Å². The van der Waals surface area contributed by atoms with Gasteiger partial charge in [-0.05, 0) is 24.3 Å². The normalized spacial score (nSPS) is 10.5. The number of rotatable bonds is 2. The van der Waals surface area contributed by atoms with Crippen LogP contribution in [0.25, 0.3) is 10.9 Å². The molecule has 0 unspecified atom stereocenters. The summed E-state index contributed by atoms with van der Waals surface area (Å²) in [5, 5.41) is 21.8. The highest BCUT2D eigenvalue weighted by molar-refractivity contribution is 6.02. The summed E-state index contributed by atoms with van der Waals surface area (Å²) in [5.41, 5.74) is 1.55. The lowest BCUT2D eigenvalue weighted by atomic mass is 10.2. The Bertz CT molecular complexity index is 751. The number of carbonyl (C=O) groups is 1. The maximum Gasteiger partial charge on any atom is 0.321 e. The van der Waals surface area contributed by atoms with E-state index in [1.807, 2.05) is 6.07 Å². The van der Waals surface area contributed by atoms with E-state index in [0.29, 0.717) is 10.4 Å². The zero-order valence-electron chi connectivity index (χ0n) is 9.83. The lowest BCUT2D eigenvalue weighted by Gasteiger charge is -2.05. The highest BCUT2D eigenvalue weighted by Gasteiger charge is 2.15. The van der Waals surface area contributed by atoms with Crippen LogP contribution in [0.5, 0.6) is 0 Å². The number of aromatic nitrogens is 3. The Balaban J connectivity index is 1.88. The van der Waals surface area contributed by atoms with E-state index < -0.39 is 5.91 Å². The minimum atomic E-state index is -0.446. The first-order valence-electron chi connectivity index (χ1n) is 5.67. The largest absolute Gasteiger partial charge is 0.618 e. The molecule has 1 aromatic carbocycles. The topological polar surface area (TPSA) is 84.7 Å². The fourth-order valence-electron chi connectivity index (χ4n) is 1.82. The summed E-state index contributed by atoms with van der Waals surface area (Å²) in [7, 11) is 0. The van der Waals surface area contributed by atoms with Gasteiger partial charge in [-0.2, -0.15) is 9.83 Å². The van der Waals surface area contributed by atoms with Gasteiger partial charge in [0, 0.05) is 23.2 Å². The van der Waals surface area contributed by atoms with Gasteiger partial charge in [0.2, 0.25) is 0 Å². The zero-order valence-corrected chi connectivity index (χ0v) is 9.83. The highest BCUT2D eigenvalue weighted by Crippen LogP contribution is 2.17. The van der Waals surface area contributed by atoms with Gasteiger partial charge in [0.25, 0.3) is 5.69 Å². The van der Waals surface area contributed by atoms with Crippen molar-refractivity contribution in [1.29, 1.82) is 0 Å². The molecular formula is C13H10N4O2. The molecular weight excluding hydrogens is 244 g/mol. The molecule has 0 aliphatic heterocycles. The smallest absolute Gasteiger partial charge is 0.321 e. The maximum absolute atomic E-state index is 12.0. The molecule has 2 aromatic heterocycles. The number of amides is 1. The molecule has 3 aromatic rings. The average Bonchev–Trinajstić information content (AvgIpc) is 2.86. The Hall–Kier alpha value is -2.89. The maximum atomic E-state index is 12.0. The van der Waals surface area contributed by atoms with Crippen LogP contribution in [0.1, 0.15) is 10.5 Å². The molecule has 0 saturated carbocycles. The Labute approximate surface area is 108 Å². The van der Waals surface area contributed by atoms with E-state index in [0.717, 1.165) is 10.9 Å². The van der Waals surface area contributed by atoms with E-state index in [-0.39, 0.29) is 5.69 Å². The summed E-state index contributed by atoms with van der Waals surface area (Å²) in [5.74, 6) is -0.446. The van der Waals surface area contributed by atoms with Crippen molar-refractivity contribution < 1.29 is 9.52 Å². The van der Waals surface area contributed by atoms with Gasteiger partial charge in [-0.1, -0.05) is 0 Å². The van der Waals surface area contributed by atoms with E-state index in [2.05, 4.69) is 15.5 Å². The second-order valence-electron chi connectivity index (χ2n) is 4.04. The van der Waals surface area contributed by atoms with E-state index in [9.17, 15) is 10.0 Å². The molecule has 0 aliphatic rings. The Morgan fingerprint density at radius 1 is 1.32 bits per heavy atom. The standard InChI is InChI=1S/C13H10N4O2/c18-13(12-3-1-2-6-17(12)19)15-10-4-5-11-9(7-10)8-14-16-11/h1-8H,(H,14,16)(H,15,18). The number of pyridine rings is 1. The fraction of sp³-hybridized carbons (Fsp3) is 0. The van der Waals surface area contributed by atoms with Crippen LogP contribution in [0.15, 0.2) is 48.8 Å². The number of benzene rings is 1. The van der Waals surface area contributed by atoms with E-state index in [4.69, 9.17) is 0 Å². The molecule has 0 saturated heterocycles. The molecule has 19 heavy (non-hydrogen) atoms. The molecule has 0 aliphatic carbocycles. The number of H-pyrrole nitrogens is 1. The number of carbonyl (C=O) groups excluding carboxylic acids is 1. The van der Waals surface area contributed by atoms with Crippen LogP contribution in [0, 0.1) is 5.21 Å². The van der Waals surface area contributed by atoms with E-state index in [1.54, 1.807) is 30.5 Å². The molecule has 2 N–H and O–H groups in total. The molecule has 6 nitrogen and oxygen atoms in total. The van der Waals surface area contributed by atoms with Gasteiger partial charge in [-0.25, -0.2) is 0 Å². The molecule has 94 valence electrons. The minimum Gasteiger partial charge on any atom is -0.618 e. The number of nitrogens with zero attached hydrogens (tertiary/aromatic N) is 2. The summed E-state index contributed by atoms with van der Waals surface area (Å²) >= 11 is 0. The summed E-state index contributed by atoms with van der Waals surface area (Å²) in [6, 6.07) is 10.0. The third kappa shape index (κ3) is 2.11. The third-order valence-electron chi connectivity index (χ3n) is 2.75. The summed E-state index contributed by atoms with van der Waals surface area (Å²) in [4.78, 5) is 12.0.